The van der Waals surface area contributed by atoms with Crippen LogP contribution in [0.25, 0.3) is 5.57 Å². The van der Waals surface area contributed by atoms with Gasteiger partial charge >= 0.3 is 0 Å². The maximum absolute atomic E-state index is 8.51. The van der Waals surface area contributed by atoms with Crippen LogP contribution in [-0.2, 0) is 0 Å². The SMILES string of the molecule is C=C(C#N)c1cccc(Br)c1. The van der Waals surface area contributed by atoms with Crippen molar-refractivity contribution < 1.29 is 0 Å². The van der Waals surface area contributed by atoms with Crippen molar-refractivity contribution in [3.8, 4) is 6.07 Å². The highest BCUT2D eigenvalue weighted by Gasteiger charge is 1.95. The lowest BCUT2D eigenvalue weighted by atomic mass is 10.1. The molecule has 1 rings (SSSR count). The minimum absolute atomic E-state index is 0.492. The molecule has 11 heavy (non-hydrogen) atoms. The summed E-state index contributed by atoms with van der Waals surface area (Å²) in [7, 11) is 0. The number of hydrogen-bond donors (Lipinski definition) is 0. The van der Waals surface area contributed by atoms with Crippen molar-refractivity contribution in [2.75, 3.05) is 0 Å². The van der Waals surface area contributed by atoms with Gasteiger partial charge < -0.3 is 0 Å². The van der Waals surface area contributed by atoms with Crippen molar-refractivity contribution in [2.24, 2.45) is 0 Å². The van der Waals surface area contributed by atoms with Gasteiger partial charge in [0, 0.05) is 4.47 Å². The van der Waals surface area contributed by atoms with Crippen LogP contribution in [0.1, 0.15) is 5.56 Å². The number of nitriles is 1. The Labute approximate surface area is 74.1 Å². The molecule has 2 heteroatoms. The Kier molecular flexibility index (Phi) is 2.45. The molecule has 0 amide bonds. The van der Waals surface area contributed by atoms with Crippen LogP contribution in [0.5, 0.6) is 0 Å². The van der Waals surface area contributed by atoms with Crippen molar-refractivity contribution in [3.05, 3.63) is 40.9 Å². The van der Waals surface area contributed by atoms with Crippen LogP contribution in [-0.4, -0.2) is 0 Å². The molecule has 0 aliphatic heterocycles. The summed E-state index contributed by atoms with van der Waals surface area (Å²) < 4.78 is 0.964. The van der Waals surface area contributed by atoms with E-state index in [0.29, 0.717) is 5.57 Å². The van der Waals surface area contributed by atoms with Gasteiger partial charge in [0.05, 0.1) is 11.6 Å². The van der Waals surface area contributed by atoms with E-state index in [9.17, 15) is 0 Å². The van der Waals surface area contributed by atoms with E-state index in [4.69, 9.17) is 5.26 Å². The van der Waals surface area contributed by atoms with Gasteiger partial charge in [0.25, 0.3) is 0 Å². The minimum Gasteiger partial charge on any atom is -0.192 e. The molecular weight excluding hydrogens is 202 g/mol. The van der Waals surface area contributed by atoms with E-state index >= 15 is 0 Å². The van der Waals surface area contributed by atoms with Crippen LogP contribution in [0.15, 0.2) is 35.3 Å². The average Bonchev–Trinajstić information content (AvgIpc) is 2.03. The van der Waals surface area contributed by atoms with Gasteiger partial charge in [0.2, 0.25) is 0 Å². The van der Waals surface area contributed by atoms with Crippen LogP contribution >= 0.6 is 15.9 Å². The quantitative estimate of drug-likeness (QED) is 0.650. The predicted molar refractivity (Wildman–Crippen MR) is 48.8 cm³/mol. The molecule has 0 heterocycles. The summed E-state index contributed by atoms with van der Waals surface area (Å²) in [5.41, 5.74) is 1.35. The smallest absolute Gasteiger partial charge is 0.0991 e. The van der Waals surface area contributed by atoms with Crippen LogP contribution in [0, 0.1) is 11.3 Å². The second kappa shape index (κ2) is 3.36. The van der Waals surface area contributed by atoms with E-state index in [-0.39, 0.29) is 0 Å². The molecule has 0 unspecified atom stereocenters. The van der Waals surface area contributed by atoms with E-state index in [0.717, 1.165) is 10.0 Å². The fraction of sp³-hybridized carbons (Fsp3) is 0. The third kappa shape index (κ3) is 1.92. The highest BCUT2D eigenvalue weighted by atomic mass is 79.9. The van der Waals surface area contributed by atoms with Crippen LogP contribution in [0.3, 0.4) is 0 Å². The third-order valence-corrected chi connectivity index (χ3v) is 1.80. The highest BCUT2D eigenvalue weighted by Crippen LogP contribution is 2.16. The highest BCUT2D eigenvalue weighted by molar-refractivity contribution is 9.10. The van der Waals surface area contributed by atoms with Crippen molar-refractivity contribution in [2.45, 2.75) is 0 Å². The van der Waals surface area contributed by atoms with E-state index in [1.165, 1.54) is 0 Å². The van der Waals surface area contributed by atoms with E-state index in [1.54, 1.807) is 0 Å². The Hall–Kier alpha value is -1.07. The fourth-order valence-corrected chi connectivity index (χ4v) is 1.14. The van der Waals surface area contributed by atoms with Gasteiger partial charge in [0.1, 0.15) is 0 Å². The minimum atomic E-state index is 0.492. The van der Waals surface area contributed by atoms with Gasteiger partial charge in [-0.3, -0.25) is 0 Å². The fourth-order valence-electron chi connectivity index (χ4n) is 0.741. The summed E-state index contributed by atoms with van der Waals surface area (Å²) in [5.74, 6) is 0. The van der Waals surface area contributed by atoms with Crippen LogP contribution in [0.2, 0.25) is 0 Å². The van der Waals surface area contributed by atoms with E-state index in [1.807, 2.05) is 30.3 Å². The lowest BCUT2D eigenvalue weighted by Crippen LogP contribution is -1.77. The zero-order chi connectivity index (χ0) is 8.27. The van der Waals surface area contributed by atoms with Gasteiger partial charge in [0.15, 0.2) is 0 Å². The Morgan fingerprint density at radius 3 is 2.82 bits per heavy atom. The molecule has 0 saturated carbocycles. The molecule has 0 aliphatic rings. The van der Waals surface area contributed by atoms with Gasteiger partial charge in [-0.15, -0.1) is 0 Å². The standard InChI is InChI=1S/C9H6BrN/c1-7(6-11)8-3-2-4-9(10)5-8/h2-5H,1H2. The summed E-state index contributed by atoms with van der Waals surface area (Å²) in [6.45, 7) is 3.60. The number of hydrogen-bond acceptors (Lipinski definition) is 1. The second-order valence-electron chi connectivity index (χ2n) is 2.10. The lowest BCUT2D eigenvalue weighted by molar-refractivity contribution is 1.52. The zero-order valence-electron chi connectivity index (χ0n) is 5.84. The number of allylic oxidation sites excluding steroid dienone is 1. The average molecular weight is 208 g/mol. The van der Waals surface area contributed by atoms with Crippen molar-refractivity contribution in [3.63, 3.8) is 0 Å². The molecule has 1 nitrogen and oxygen atoms in total. The molecular formula is C9H6BrN. The number of rotatable bonds is 1. The zero-order valence-corrected chi connectivity index (χ0v) is 7.43. The number of halogens is 1. The predicted octanol–water partition coefficient (Wildman–Crippen LogP) is 2.99. The van der Waals surface area contributed by atoms with E-state index in [2.05, 4.69) is 22.5 Å². The summed E-state index contributed by atoms with van der Waals surface area (Å²) in [6.07, 6.45) is 0. The van der Waals surface area contributed by atoms with Crippen molar-refractivity contribution >= 4 is 21.5 Å². The molecule has 0 aliphatic carbocycles. The number of nitrogens with zero attached hydrogens (tertiary/aromatic N) is 1. The summed E-state index contributed by atoms with van der Waals surface area (Å²) in [5, 5.41) is 8.51. The molecule has 1 aromatic carbocycles. The van der Waals surface area contributed by atoms with E-state index < -0.39 is 0 Å². The molecule has 0 atom stereocenters. The Balaban J connectivity index is 3.08. The van der Waals surface area contributed by atoms with Gasteiger partial charge in [-0.1, -0.05) is 34.6 Å². The maximum atomic E-state index is 8.51. The molecule has 0 N–H and O–H groups in total. The van der Waals surface area contributed by atoms with Crippen molar-refractivity contribution in [1.29, 1.82) is 5.26 Å². The Bertz CT molecular complexity index is 323. The molecule has 0 saturated heterocycles. The summed E-state index contributed by atoms with van der Waals surface area (Å²) >= 11 is 3.31. The molecule has 0 radical (unpaired) electrons. The monoisotopic (exact) mass is 207 g/mol. The molecule has 0 aromatic heterocycles. The molecule has 1 aromatic rings. The number of benzene rings is 1. The first-order chi connectivity index (χ1) is 5.24. The molecule has 0 spiro atoms. The first-order valence-electron chi connectivity index (χ1n) is 3.09. The van der Waals surface area contributed by atoms with Gasteiger partial charge in [-0.05, 0) is 17.7 Å². The largest absolute Gasteiger partial charge is 0.192 e. The summed E-state index contributed by atoms with van der Waals surface area (Å²) in [4.78, 5) is 0. The molecule has 0 bridgehead atoms. The normalized spacial score (nSPS) is 8.73. The molecule has 54 valence electrons. The second-order valence-corrected chi connectivity index (χ2v) is 3.02. The Morgan fingerprint density at radius 2 is 2.27 bits per heavy atom. The lowest BCUT2D eigenvalue weighted by Gasteiger charge is -1.95. The van der Waals surface area contributed by atoms with Crippen LogP contribution < -0.4 is 0 Å². The van der Waals surface area contributed by atoms with Crippen LogP contribution in [0.4, 0.5) is 0 Å². The van der Waals surface area contributed by atoms with Gasteiger partial charge in [-0.25, -0.2) is 0 Å². The van der Waals surface area contributed by atoms with Crippen molar-refractivity contribution in [1.82, 2.24) is 0 Å². The maximum Gasteiger partial charge on any atom is 0.0991 e. The first-order valence-corrected chi connectivity index (χ1v) is 3.88. The van der Waals surface area contributed by atoms with Gasteiger partial charge in [-0.2, -0.15) is 5.26 Å². The topological polar surface area (TPSA) is 23.8 Å². The Morgan fingerprint density at radius 1 is 1.55 bits per heavy atom. The first kappa shape index (κ1) is 8.03. The summed E-state index contributed by atoms with van der Waals surface area (Å²) in [6, 6.07) is 9.51. The third-order valence-electron chi connectivity index (χ3n) is 1.31. The molecule has 0 fully saturated rings.